The van der Waals surface area contributed by atoms with E-state index in [4.69, 9.17) is 22.4 Å². The summed E-state index contributed by atoms with van der Waals surface area (Å²) in [5, 5.41) is 27.3. The van der Waals surface area contributed by atoms with E-state index >= 15 is 0 Å². The van der Waals surface area contributed by atoms with Crippen molar-refractivity contribution in [3.05, 3.63) is 22.7 Å². The minimum Gasteiger partial charge on any atom is -0.504 e. The molecule has 0 aliphatic carbocycles. The standard InChI is InChI=1S/C9H10ClNO4/c10-4-1-2-6(12)9(15)8(4)5(11)3-7(13)14/h1-2,5,12,15H,3,11H2,(H,13,14). The number of rotatable bonds is 3. The van der Waals surface area contributed by atoms with E-state index < -0.39 is 17.8 Å². The molecule has 0 aliphatic rings. The molecule has 0 bridgehead atoms. The molecule has 15 heavy (non-hydrogen) atoms. The molecule has 0 aliphatic heterocycles. The monoisotopic (exact) mass is 231 g/mol. The lowest BCUT2D eigenvalue weighted by molar-refractivity contribution is -0.137. The van der Waals surface area contributed by atoms with E-state index in [1.807, 2.05) is 0 Å². The topological polar surface area (TPSA) is 104 Å². The summed E-state index contributed by atoms with van der Waals surface area (Å²) in [6, 6.07) is 1.59. The van der Waals surface area contributed by atoms with Crippen LogP contribution in [0.25, 0.3) is 0 Å². The normalized spacial score (nSPS) is 12.4. The lowest BCUT2D eigenvalue weighted by Crippen LogP contribution is -2.15. The molecule has 1 unspecified atom stereocenters. The van der Waals surface area contributed by atoms with Gasteiger partial charge in [-0.3, -0.25) is 4.79 Å². The predicted octanol–water partition coefficient (Wildman–Crippen LogP) is 1.23. The Morgan fingerprint density at radius 2 is 2.07 bits per heavy atom. The number of carboxylic acids is 1. The largest absolute Gasteiger partial charge is 0.504 e. The Balaban J connectivity index is 3.12. The van der Waals surface area contributed by atoms with Gasteiger partial charge >= 0.3 is 5.97 Å². The van der Waals surface area contributed by atoms with Crippen LogP contribution in [0.2, 0.25) is 5.02 Å². The van der Waals surface area contributed by atoms with Crippen molar-refractivity contribution in [1.82, 2.24) is 0 Å². The summed E-state index contributed by atoms with van der Waals surface area (Å²) in [5.41, 5.74) is 5.57. The Hall–Kier alpha value is -1.46. The molecule has 0 saturated heterocycles. The maximum Gasteiger partial charge on any atom is 0.305 e. The third kappa shape index (κ3) is 2.51. The van der Waals surface area contributed by atoms with Gasteiger partial charge in [-0.15, -0.1) is 0 Å². The van der Waals surface area contributed by atoms with Gasteiger partial charge in [-0.25, -0.2) is 0 Å². The highest BCUT2D eigenvalue weighted by molar-refractivity contribution is 6.31. The number of hydrogen-bond donors (Lipinski definition) is 4. The van der Waals surface area contributed by atoms with Crippen LogP contribution in [0.1, 0.15) is 18.0 Å². The van der Waals surface area contributed by atoms with Crippen LogP contribution in [0.4, 0.5) is 0 Å². The van der Waals surface area contributed by atoms with E-state index in [9.17, 15) is 15.0 Å². The molecule has 0 aromatic heterocycles. The number of phenolic OH excluding ortho intramolecular Hbond substituents is 2. The van der Waals surface area contributed by atoms with Crippen molar-refractivity contribution in [2.75, 3.05) is 0 Å². The van der Waals surface area contributed by atoms with Crippen molar-refractivity contribution in [3.63, 3.8) is 0 Å². The first-order chi connectivity index (χ1) is 6.93. The molecule has 1 aromatic rings. The quantitative estimate of drug-likeness (QED) is 0.586. The van der Waals surface area contributed by atoms with Crippen LogP contribution in [0.15, 0.2) is 12.1 Å². The average Bonchev–Trinajstić information content (AvgIpc) is 2.11. The Morgan fingerprint density at radius 3 is 2.60 bits per heavy atom. The van der Waals surface area contributed by atoms with Crippen LogP contribution in [-0.2, 0) is 4.79 Å². The Labute approximate surface area is 90.7 Å². The summed E-state index contributed by atoms with van der Waals surface area (Å²) in [6.45, 7) is 0. The summed E-state index contributed by atoms with van der Waals surface area (Å²) in [4.78, 5) is 10.4. The first-order valence-corrected chi connectivity index (χ1v) is 4.49. The molecular formula is C9H10ClNO4. The van der Waals surface area contributed by atoms with Gasteiger partial charge in [-0.05, 0) is 12.1 Å². The zero-order valence-corrected chi connectivity index (χ0v) is 8.40. The number of carboxylic acid groups (broad SMARTS) is 1. The number of phenols is 2. The van der Waals surface area contributed by atoms with Crippen LogP contribution < -0.4 is 5.73 Å². The number of carbonyl (C=O) groups is 1. The van der Waals surface area contributed by atoms with E-state index in [2.05, 4.69) is 0 Å². The highest BCUT2D eigenvalue weighted by Crippen LogP contribution is 2.38. The number of aliphatic carboxylic acids is 1. The number of aromatic hydroxyl groups is 2. The van der Waals surface area contributed by atoms with Crippen molar-refractivity contribution in [1.29, 1.82) is 0 Å². The maximum absolute atomic E-state index is 10.4. The van der Waals surface area contributed by atoms with Crippen molar-refractivity contribution < 1.29 is 20.1 Å². The summed E-state index contributed by atoms with van der Waals surface area (Å²) in [7, 11) is 0. The fourth-order valence-corrected chi connectivity index (χ4v) is 1.51. The Kier molecular flexibility index (Phi) is 3.39. The van der Waals surface area contributed by atoms with Crippen LogP contribution in [0, 0.1) is 0 Å². The number of benzene rings is 1. The molecule has 0 spiro atoms. The van der Waals surface area contributed by atoms with E-state index in [1.54, 1.807) is 0 Å². The summed E-state index contributed by atoms with van der Waals surface area (Å²) in [5.74, 6) is -1.97. The molecule has 0 radical (unpaired) electrons. The van der Waals surface area contributed by atoms with E-state index in [1.165, 1.54) is 12.1 Å². The second kappa shape index (κ2) is 4.37. The lowest BCUT2D eigenvalue weighted by atomic mass is 10.0. The highest BCUT2D eigenvalue weighted by Gasteiger charge is 2.20. The maximum atomic E-state index is 10.4. The lowest BCUT2D eigenvalue weighted by Gasteiger charge is -2.13. The van der Waals surface area contributed by atoms with Crippen LogP contribution in [0.3, 0.4) is 0 Å². The number of hydrogen-bond acceptors (Lipinski definition) is 4. The van der Waals surface area contributed by atoms with Gasteiger partial charge in [0.05, 0.1) is 6.42 Å². The third-order valence-corrected chi connectivity index (χ3v) is 2.24. The summed E-state index contributed by atoms with van der Waals surface area (Å²) in [6.07, 6.45) is -0.378. The molecule has 1 aromatic carbocycles. The Morgan fingerprint density at radius 1 is 1.47 bits per heavy atom. The molecule has 0 heterocycles. The van der Waals surface area contributed by atoms with Crippen LogP contribution in [-0.4, -0.2) is 21.3 Å². The molecule has 6 heteroatoms. The Bertz CT molecular complexity index is 394. The average molecular weight is 232 g/mol. The molecule has 1 rings (SSSR count). The van der Waals surface area contributed by atoms with E-state index in [0.29, 0.717) is 0 Å². The van der Waals surface area contributed by atoms with Gasteiger partial charge in [0, 0.05) is 16.6 Å². The minimum absolute atomic E-state index is 0.0408. The van der Waals surface area contributed by atoms with Crippen LogP contribution in [0.5, 0.6) is 11.5 Å². The SMILES string of the molecule is NC(CC(=O)O)c1c(Cl)ccc(O)c1O. The molecule has 0 fully saturated rings. The zero-order chi connectivity index (χ0) is 11.6. The molecule has 5 N–H and O–H groups in total. The fourth-order valence-electron chi connectivity index (χ4n) is 1.21. The summed E-state index contributed by atoms with van der Waals surface area (Å²) < 4.78 is 0. The van der Waals surface area contributed by atoms with Gasteiger partial charge in [-0.2, -0.15) is 0 Å². The molecule has 82 valence electrons. The summed E-state index contributed by atoms with van der Waals surface area (Å²) >= 11 is 5.74. The highest BCUT2D eigenvalue weighted by atomic mass is 35.5. The second-order valence-electron chi connectivity index (χ2n) is 3.03. The molecule has 0 saturated carbocycles. The predicted molar refractivity (Wildman–Crippen MR) is 54.0 cm³/mol. The van der Waals surface area contributed by atoms with Crippen molar-refractivity contribution in [2.45, 2.75) is 12.5 Å². The third-order valence-electron chi connectivity index (χ3n) is 1.91. The van der Waals surface area contributed by atoms with Crippen molar-refractivity contribution >= 4 is 17.6 Å². The van der Waals surface area contributed by atoms with Crippen molar-refractivity contribution in [2.24, 2.45) is 5.73 Å². The molecule has 0 amide bonds. The van der Waals surface area contributed by atoms with Crippen molar-refractivity contribution in [3.8, 4) is 11.5 Å². The number of nitrogens with two attached hydrogens (primary N) is 1. The van der Waals surface area contributed by atoms with E-state index in [0.717, 1.165) is 0 Å². The van der Waals surface area contributed by atoms with Gasteiger partial charge < -0.3 is 21.1 Å². The van der Waals surface area contributed by atoms with Gasteiger partial charge in [0.1, 0.15) is 0 Å². The van der Waals surface area contributed by atoms with Gasteiger partial charge in [0.25, 0.3) is 0 Å². The molecular weight excluding hydrogens is 222 g/mol. The first kappa shape index (κ1) is 11.6. The second-order valence-corrected chi connectivity index (χ2v) is 3.44. The van der Waals surface area contributed by atoms with Gasteiger partial charge in [-0.1, -0.05) is 11.6 Å². The smallest absolute Gasteiger partial charge is 0.305 e. The first-order valence-electron chi connectivity index (χ1n) is 4.11. The molecule has 1 atom stereocenters. The van der Waals surface area contributed by atoms with Gasteiger partial charge in [0.2, 0.25) is 0 Å². The molecule has 5 nitrogen and oxygen atoms in total. The number of halogens is 1. The van der Waals surface area contributed by atoms with E-state index in [-0.39, 0.29) is 22.8 Å². The fraction of sp³-hybridized carbons (Fsp3) is 0.222. The van der Waals surface area contributed by atoms with Crippen LogP contribution >= 0.6 is 11.6 Å². The zero-order valence-electron chi connectivity index (χ0n) is 7.64. The minimum atomic E-state index is -1.11. The van der Waals surface area contributed by atoms with Gasteiger partial charge in [0.15, 0.2) is 11.5 Å².